The van der Waals surface area contributed by atoms with Gasteiger partial charge in [-0.3, -0.25) is 4.79 Å². The zero-order valence-corrected chi connectivity index (χ0v) is 15.8. The van der Waals surface area contributed by atoms with Gasteiger partial charge in [0.2, 0.25) is 5.91 Å². The SMILES string of the molecule is COc1cc2c(cc1OC)C(c1cccc(Cl)c1)=NN(C(C)=O)C(C)=C2. The number of hydrazone groups is 1. The molecule has 0 N–H and O–H groups in total. The largest absolute Gasteiger partial charge is 0.493 e. The van der Waals surface area contributed by atoms with E-state index in [-0.39, 0.29) is 5.91 Å². The van der Waals surface area contributed by atoms with Crippen LogP contribution in [0.4, 0.5) is 0 Å². The van der Waals surface area contributed by atoms with Crippen molar-refractivity contribution in [2.24, 2.45) is 5.10 Å². The van der Waals surface area contributed by atoms with Crippen molar-refractivity contribution in [3.8, 4) is 11.5 Å². The van der Waals surface area contributed by atoms with Crippen LogP contribution in [-0.2, 0) is 4.79 Å². The van der Waals surface area contributed by atoms with Crippen LogP contribution in [0.2, 0.25) is 5.02 Å². The Balaban J connectivity index is 2.32. The summed E-state index contributed by atoms with van der Waals surface area (Å²) in [5, 5.41) is 6.59. The number of amides is 1. The highest BCUT2D eigenvalue weighted by molar-refractivity contribution is 6.31. The van der Waals surface area contributed by atoms with E-state index >= 15 is 0 Å². The van der Waals surface area contributed by atoms with Crippen molar-refractivity contribution in [2.45, 2.75) is 13.8 Å². The van der Waals surface area contributed by atoms with Crippen molar-refractivity contribution in [1.82, 2.24) is 5.01 Å². The van der Waals surface area contributed by atoms with Crippen LogP contribution in [0.25, 0.3) is 6.08 Å². The molecule has 2 aromatic carbocycles. The first-order valence-corrected chi connectivity index (χ1v) is 8.42. The van der Waals surface area contributed by atoms with Gasteiger partial charge in [0.15, 0.2) is 11.5 Å². The summed E-state index contributed by atoms with van der Waals surface area (Å²) in [5.74, 6) is 1.02. The number of nitrogens with zero attached hydrogens (tertiary/aromatic N) is 2. The minimum atomic E-state index is -0.176. The molecular weight excluding hydrogens is 352 g/mol. The van der Waals surface area contributed by atoms with Gasteiger partial charge in [0.1, 0.15) is 0 Å². The fourth-order valence-corrected chi connectivity index (χ4v) is 3.10. The van der Waals surface area contributed by atoms with Gasteiger partial charge < -0.3 is 9.47 Å². The molecule has 6 heteroatoms. The second-order valence-electron chi connectivity index (χ2n) is 5.87. The van der Waals surface area contributed by atoms with Gasteiger partial charge in [-0.1, -0.05) is 23.7 Å². The summed E-state index contributed by atoms with van der Waals surface area (Å²) in [6, 6.07) is 11.1. The summed E-state index contributed by atoms with van der Waals surface area (Å²) in [6.07, 6.45) is 1.90. The van der Waals surface area contributed by atoms with Crippen LogP contribution >= 0.6 is 11.6 Å². The van der Waals surface area contributed by atoms with Gasteiger partial charge in [0, 0.05) is 28.8 Å². The Bertz CT molecular complexity index is 935. The molecule has 0 unspecified atom stereocenters. The number of fused-ring (bicyclic) bond motifs is 1. The standard InChI is InChI=1S/C20H19ClN2O3/c1-12-8-15-10-18(25-3)19(26-4)11-17(15)20(22-23(12)13(2)24)14-6-5-7-16(21)9-14/h5-11H,1-4H3. The lowest BCUT2D eigenvalue weighted by Crippen LogP contribution is -2.22. The highest BCUT2D eigenvalue weighted by Gasteiger charge is 2.22. The second kappa shape index (κ2) is 7.22. The molecule has 0 aliphatic carbocycles. The summed E-state index contributed by atoms with van der Waals surface area (Å²) in [6.45, 7) is 3.32. The van der Waals surface area contributed by atoms with Gasteiger partial charge in [0.25, 0.3) is 0 Å². The van der Waals surface area contributed by atoms with Crippen molar-refractivity contribution in [3.63, 3.8) is 0 Å². The summed E-state index contributed by atoms with van der Waals surface area (Å²) >= 11 is 6.17. The molecule has 1 aliphatic heterocycles. The van der Waals surface area contributed by atoms with Crippen LogP contribution in [-0.4, -0.2) is 30.8 Å². The minimum Gasteiger partial charge on any atom is -0.493 e. The predicted molar refractivity (Wildman–Crippen MR) is 103 cm³/mol. The number of allylic oxidation sites excluding steroid dienone is 1. The molecule has 1 heterocycles. The third-order valence-electron chi connectivity index (χ3n) is 4.11. The first-order valence-electron chi connectivity index (χ1n) is 8.04. The van der Waals surface area contributed by atoms with Crippen LogP contribution in [0.5, 0.6) is 11.5 Å². The zero-order chi connectivity index (χ0) is 18.8. The number of hydrogen-bond acceptors (Lipinski definition) is 4. The van der Waals surface area contributed by atoms with Crippen molar-refractivity contribution < 1.29 is 14.3 Å². The van der Waals surface area contributed by atoms with E-state index in [1.54, 1.807) is 20.3 Å². The number of halogens is 1. The average Bonchev–Trinajstić information content (AvgIpc) is 2.76. The Morgan fingerprint density at radius 3 is 2.42 bits per heavy atom. The van der Waals surface area contributed by atoms with E-state index in [2.05, 4.69) is 5.10 Å². The molecule has 5 nitrogen and oxygen atoms in total. The van der Waals surface area contributed by atoms with Crippen LogP contribution in [0.3, 0.4) is 0 Å². The zero-order valence-electron chi connectivity index (χ0n) is 15.0. The molecule has 134 valence electrons. The molecule has 0 atom stereocenters. The number of methoxy groups -OCH3 is 2. The molecule has 0 fully saturated rings. The number of carbonyl (C=O) groups excluding carboxylic acids is 1. The van der Waals surface area contributed by atoms with E-state index in [0.717, 1.165) is 16.7 Å². The maximum Gasteiger partial charge on any atom is 0.243 e. The van der Waals surface area contributed by atoms with Gasteiger partial charge in [0.05, 0.1) is 19.9 Å². The average molecular weight is 371 g/mol. The number of hydrogen-bond donors (Lipinski definition) is 0. The van der Waals surface area contributed by atoms with Crippen LogP contribution in [0.15, 0.2) is 47.2 Å². The highest BCUT2D eigenvalue weighted by atomic mass is 35.5. The van der Waals surface area contributed by atoms with Crippen molar-refractivity contribution in [1.29, 1.82) is 0 Å². The van der Waals surface area contributed by atoms with Crippen molar-refractivity contribution in [2.75, 3.05) is 14.2 Å². The number of ether oxygens (including phenoxy) is 2. The van der Waals surface area contributed by atoms with Gasteiger partial charge in [-0.25, -0.2) is 5.01 Å². The Hall–Kier alpha value is -2.79. The lowest BCUT2D eigenvalue weighted by molar-refractivity contribution is -0.126. The van der Waals surface area contributed by atoms with E-state index in [1.165, 1.54) is 11.9 Å². The normalized spacial score (nSPS) is 13.3. The van der Waals surface area contributed by atoms with E-state index in [4.69, 9.17) is 21.1 Å². The molecule has 0 saturated carbocycles. The van der Waals surface area contributed by atoms with Crippen LogP contribution in [0.1, 0.15) is 30.5 Å². The molecule has 0 saturated heterocycles. The Kier molecular flexibility index (Phi) is 5.00. The fourth-order valence-electron chi connectivity index (χ4n) is 2.91. The first kappa shape index (κ1) is 18.0. The molecule has 1 amide bonds. The van der Waals surface area contributed by atoms with E-state index < -0.39 is 0 Å². The second-order valence-corrected chi connectivity index (χ2v) is 6.31. The summed E-state index contributed by atoms with van der Waals surface area (Å²) in [4.78, 5) is 12.1. The topological polar surface area (TPSA) is 51.1 Å². The van der Waals surface area contributed by atoms with Gasteiger partial charge in [-0.2, -0.15) is 5.10 Å². The molecular formula is C20H19ClN2O3. The summed E-state index contributed by atoms with van der Waals surface area (Å²) < 4.78 is 10.9. The molecule has 2 aromatic rings. The lowest BCUT2D eigenvalue weighted by atomic mass is 9.96. The predicted octanol–water partition coefficient (Wildman–Crippen LogP) is 4.33. The number of benzene rings is 2. The maximum absolute atomic E-state index is 12.1. The lowest BCUT2D eigenvalue weighted by Gasteiger charge is -2.16. The fraction of sp³-hybridized carbons (Fsp3) is 0.200. The molecule has 0 spiro atoms. The van der Waals surface area contributed by atoms with E-state index in [1.807, 2.05) is 43.3 Å². The number of rotatable bonds is 3. The van der Waals surface area contributed by atoms with Crippen LogP contribution in [0, 0.1) is 0 Å². The Morgan fingerprint density at radius 2 is 1.81 bits per heavy atom. The molecule has 3 rings (SSSR count). The Morgan fingerprint density at radius 1 is 1.12 bits per heavy atom. The third-order valence-corrected chi connectivity index (χ3v) is 4.34. The molecule has 0 aromatic heterocycles. The van der Waals surface area contributed by atoms with Crippen molar-refractivity contribution >= 4 is 29.3 Å². The third kappa shape index (κ3) is 3.30. The van der Waals surface area contributed by atoms with Gasteiger partial charge in [-0.15, -0.1) is 0 Å². The van der Waals surface area contributed by atoms with E-state index in [0.29, 0.717) is 27.9 Å². The minimum absolute atomic E-state index is 0.176. The van der Waals surface area contributed by atoms with Gasteiger partial charge >= 0.3 is 0 Å². The smallest absolute Gasteiger partial charge is 0.243 e. The first-order chi connectivity index (χ1) is 12.4. The van der Waals surface area contributed by atoms with Gasteiger partial charge in [-0.05, 0) is 42.8 Å². The highest BCUT2D eigenvalue weighted by Crippen LogP contribution is 2.35. The Labute approximate surface area is 157 Å². The summed E-state index contributed by atoms with van der Waals surface area (Å²) in [7, 11) is 3.17. The monoisotopic (exact) mass is 370 g/mol. The molecule has 0 bridgehead atoms. The molecule has 1 aliphatic rings. The summed E-state index contributed by atoms with van der Waals surface area (Å²) in [5.41, 5.74) is 3.85. The maximum atomic E-state index is 12.1. The van der Waals surface area contributed by atoms with Crippen molar-refractivity contribution in [3.05, 3.63) is 63.8 Å². The number of carbonyl (C=O) groups is 1. The molecule has 0 radical (unpaired) electrons. The van der Waals surface area contributed by atoms with Crippen LogP contribution < -0.4 is 9.47 Å². The van der Waals surface area contributed by atoms with E-state index in [9.17, 15) is 4.79 Å². The quantitative estimate of drug-likeness (QED) is 0.807. The molecule has 26 heavy (non-hydrogen) atoms.